The first kappa shape index (κ1) is 21.8. The lowest BCUT2D eigenvalue weighted by molar-refractivity contribution is 0.0996. The van der Waals surface area contributed by atoms with Gasteiger partial charge in [-0.3, -0.25) is 4.79 Å². The number of aromatic nitrogens is 1. The van der Waals surface area contributed by atoms with Gasteiger partial charge >= 0.3 is 0 Å². The second kappa shape index (κ2) is 9.76. The maximum absolute atomic E-state index is 12.8. The van der Waals surface area contributed by atoms with Crippen LogP contribution in [0.5, 0.6) is 5.75 Å². The van der Waals surface area contributed by atoms with Crippen molar-refractivity contribution in [3.63, 3.8) is 0 Å². The third-order valence-electron chi connectivity index (χ3n) is 4.03. The minimum absolute atomic E-state index is 0.0701. The highest BCUT2D eigenvalue weighted by Crippen LogP contribution is 2.29. The van der Waals surface area contributed by atoms with E-state index in [1.807, 2.05) is 31.4 Å². The Morgan fingerprint density at radius 3 is 2.59 bits per heavy atom. The van der Waals surface area contributed by atoms with Gasteiger partial charge in [0.2, 0.25) is 0 Å². The fraction of sp³-hybridized carbons (Fsp3) is 0.333. The molecule has 0 bridgehead atoms. The Hall–Kier alpha value is -1.86. The molecule has 0 N–H and O–H groups in total. The van der Waals surface area contributed by atoms with Crippen molar-refractivity contribution in [2.45, 2.75) is 33.4 Å². The smallest absolute Gasteiger partial charge is 0.279 e. The van der Waals surface area contributed by atoms with Crippen molar-refractivity contribution >= 4 is 50.7 Å². The van der Waals surface area contributed by atoms with Crippen LogP contribution in [0.15, 0.2) is 41.4 Å². The zero-order valence-electron chi connectivity index (χ0n) is 16.4. The number of thiazole rings is 1. The van der Waals surface area contributed by atoms with Crippen LogP contribution >= 0.6 is 34.5 Å². The van der Waals surface area contributed by atoms with E-state index in [-0.39, 0.29) is 12.0 Å². The summed E-state index contributed by atoms with van der Waals surface area (Å²) in [5.41, 5.74) is 1.28. The second-order valence-corrected chi connectivity index (χ2v) is 8.43. The quantitative estimate of drug-likeness (QED) is 0.439. The van der Waals surface area contributed by atoms with E-state index in [0.29, 0.717) is 45.9 Å². The highest BCUT2D eigenvalue weighted by Gasteiger charge is 2.13. The molecule has 3 rings (SSSR count). The van der Waals surface area contributed by atoms with Crippen molar-refractivity contribution in [1.82, 2.24) is 4.57 Å². The molecule has 154 valence electrons. The van der Waals surface area contributed by atoms with Crippen LogP contribution < -0.4 is 9.54 Å². The number of hydrogen-bond donors (Lipinski definition) is 0. The molecule has 1 aromatic heterocycles. The highest BCUT2D eigenvalue weighted by molar-refractivity contribution is 7.16. The molecule has 3 aromatic rings. The Kier molecular flexibility index (Phi) is 7.35. The van der Waals surface area contributed by atoms with Gasteiger partial charge in [-0.2, -0.15) is 4.99 Å². The molecule has 2 aromatic carbocycles. The van der Waals surface area contributed by atoms with Crippen LogP contribution in [-0.4, -0.2) is 29.8 Å². The Morgan fingerprint density at radius 1 is 1.21 bits per heavy atom. The fourth-order valence-corrected chi connectivity index (χ4v) is 4.66. The van der Waals surface area contributed by atoms with E-state index >= 15 is 0 Å². The summed E-state index contributed by atoms with van der Waals surface area (Å²) in [6, 6.07) is 10.5. The molecule has 0 radical (unpaired) electrons. The Labute approximate surface area is 183 Å². The minimum Gasteiger partial charge on any atom is -0.491 e. The number of rotatable bonds is 7. The molecule has 0 saturated carbocycles. The van der Waals surface area contributed by atoms with Crippen molar-refractivity contribution in [2.24, 2.45) is 4.99 Å². The van der Waals surface area contributed by atoms with E-state index in [4.69, 9.17) is 32.7 Å². The van der Waals surface area contributed by atoms with Crippen LogP contribution in [0.2, 0.25) is 10.0 Å². The van der Waals surface area contributed by atoms with Gasteiger partial charge in [-0.25, -0.2) is 0 Å². The lowest BCUT2D eigenvalue weighted by Gasteiger charge is -2.09. The molecule has 0 atom stereocenters. The Morgan fingerprint density at radius 2 is 1.93 bits per heavy atom. The largest absolute Gasteiger partial charge is 0.491 e. The van der Waals surface area contributed by atoms with Gasteiger partial charge in [-0.1, -0.05) is 34.5 Å². The lowest BCUT2D eigenvalue weighted by atomic mass is 10.2. The number of hydrogen-bond acceptors (Lipinski definition) is 4. The van der Waals surface area contributed by atoms with E-state index in [1.54, 1.807) is 30.3 Å². The molecule has 0 unspecified atom stereocenters. The number of benzene rings is 2. The number of carbonyl (C=O) groups is 1. The van der Waals surface area contributed by atoms with E-state index in [2.05, 4.69) is 4.99 Å². The molecule has 29 heavy (non-hydrogen) atoms. The molecule has 0 spiro atoms. The number of fused-ring (bicyclic) bond motifs is 1. The van der Waals surface area contributed by atoms with Crippen molar-refractivity contribution in [3.8, 4) is 5.75 Å². The van der Waals surface area contributed by atoms with Gasteiger partial charge in [0, 0.05) is 23.7 Å². The van der Waals surface area contributed by atoms with Crippen molar-refractivity contribution in [2.75, 3.05) is 13.2 Å². The molecular weight excluding hydrogens is 431 g/mol. The zero-order chi connectivity index (χ0) is 21.0. The Bertz CT molecular complexity index is 1070. The molecule has 8 heteroatoms. The van der Waals surface area contributed by atoms with E-state index in [9.17, 15) is 4.79 Å². The van der Waals surface area contributed by atoms with Gasteiger partial charge in [0.05, 0.1) is 28.0 Å². The van der Waals surface area contributed by atoms with Gasteiger partial charge in [-0.15, -0.1) is 0 Å². The Balaban J connectivity index is 2.00. The molecule has 0 fully saturated rings. The average Bonchev–Trinajstić information content (AvgIpc) is 2.99. The first-order valence-corrected chi connectivity index (χ1v) is 10.9. The number of carbonyl (C=O) groups excluding carboxylic acids is 1. The number of ether oxygens (including phenoxy) is 2. The molecule has 1 amide bonds. The highest BCUT2D eigenvalue weighted by atomic mass is 35.5. The number of amides is 1. The number of halogens is 2. The van der Waals surface area contributed by atoms with E-state index in [1.165, 1.54) is 11.3 Å². The van der Waals surface area contributed by atoms with Gasteiger partial charge in [0.15, 0.2) is 4.80 Å². The summed E-state index contributed by atoms with van der Waals surface area (Å²) in [6.07, 6.45) is 0.0701. The summed E-state index contributed by atoms with van der Waals surface area (Å²) in [7, 11) is 0. The van der Waals surface area contributed by atoms with Gasteiger partial charge in [0.25, 0.3) is 5.91 Å². The van der Waals surface area contributed by atoms with Crippen molar-refractivity contribution in [1.29, 1.82) is 0 Å². The topological polar surface area (TPSA) is 52.8 Å². The summed E-state index contributed by atoms with van der Waals surface area (Å²) in [6.45, 7) is 7.47. The van der Waals surface area contributed by atoms with E-state index in [0.717, 1.165) is 10.2 Å². The molecule has 5 nitrogen and oxygen atoms in total. The summed E-state index contributed by atoms with van der Waals surface area (Å²) >= 11 is 13.9. The van der Waals surface area contributed by atoms with Gasteiger partial charge in [0.1, 0.15) is 5.75 Å². The number of nitrogens with zero attached hydrogens (tertiary/aromatic N) is 2. The van der Waals surface area contributed by atoms with Crippen molar-refractivity contribution in [3.05, 3.63) is 56.8 Å². The predicted molar refractivity (Wildman–Crippen MR) is 118 cm³/mol. The van der Waals surface area contributed by atoms with Crippen LogP contribution in [-0.2, 0) is 11.3 Å². The molecule has 0 aliphatic rings. The molecule has 0 saturated heterocycles. The maximum Gasteiger partial charge on any atom is 0.279 e. The van der Waals surface area contributed by atoms with Crippen LogP contribution in [0.25, 0.3) is 10.2 Å². The van der Waals surface area contributed by atoms with E-state index < -0.39 is 0 Å². The SMILES string of the molecule is CCOCCn1c(=NC(=O)c2ccc(OC(C)C)cc2)sc2cc(Cl)cc(Cl)c21. The predicted octanol–water partition coefficient (Wildman–Crippen LogP) is 5.57. The molecular formula is C21H22Cl2N2O3S. The second-order valence-electron chi connectivity index (χ2n) is 6.58. The zero-order valence-corrected chi connectivity index (χ0v) is 18.8. The van der Waals surface area contributed by atoms with Gasteiger partial charge in [-0.05, 0) is 57.2 Å². The fourth-order valence-electron chi connectivity index (χ4n) is 2.82. The third-order valence-corrected chi connectivity index (χ3v) is 5.56. The summed E-state index contributed by atoms with van der Waals surface area (Å²) < 4.78 is 13.9. The normalized spacial score (nSPS) is 12.1. The third kappa shape index (κ3) is 5.39. The average molecular weight is 453 g/mol. The molecule has 0 aliphatic heterocycles. The monoisotopic (exact) mass is 452 g/mol. The van der Waals surface area contributed by atoms with Crippen LogP contribution in [0.3, 0.4) is 0 Å². The summed E-state index contributed by atoms with van der Waals surface area (Å²) in [5.74, 6) is 0.381. The molecule has 1 heterocycles. The van der Waals surface area contributed by atoms with Gasteiger partial charge < -0.3 is 14.0 Å². The summed E-state index contributed by atoms with van der Waals surface area (Å²) in [4.78, 5) is 17.7. The summed E-state index contributed by atoms with van der Waals surface area (Å²) in [5, 5.41) is 1.06. The first-order chi connectivity index (χ1) is 13.9. The standard InChI is InChI=1S/C21H22Cl2N2O3S/c1-4-27-10-9-25-19-17(23)11-15(22)12-18(19)29-21(25)24-20(26)14-5-7-16(8-6-14)28-13(2)3/h5-8,11-13H,4,9-10H2,1-3H3. The maximum atomic E-state index is 12.8. The molecule has 0 aliphatic carbocycles. The first-order valence-electron chi connectivity index (χ1n) is 9.31. The lowest BCUT2D eigenvalue weighted by Crippen LogP contribution is -2.20. The van der Waals surface area contributed by atoms with Crippen LogP contribution in [0.4, 0.5) is 0 Å². The van der Waals surface area contributed by atoms with Crippen LogP contribution in [0.1, 0.15) is 31.1 Å². The van der Waals surface area contributed by atoms with Crippen molar-refractivity contribution < 1.29 is 14.3 Å². The van der Waals surface area contributed by atoms with Crippen LogP contribution in [0, 0.1) is 0 Å². The minimum atomic E-state index is -0.333.